The van der Waals surface area contributed by atoms with Crippen LogP contribution in [0.5, 0.6) is 5.75 Å². The van der Waals surface area contributed by atoms with E-state index in [0.717, 1.165) is 44.9 Å². The molecular weight excluding hydrogens is 755 g/mol. The summed E-state index contributed by atoms with van der Waals surface area (Å²) in [7, 11) is 0. The first kappa shape index (κ1) is 49.9. The summed E-state index contributed by atoms with van der Waals surface area (Å²) in [5.41, 5.74) is -3.26. The standard InChI is InChI=1S/C47H63NO11/c1-6-8-10-13-19-24-37(49)25-20-14-11-12-15-21-26-39(47(56,33-42(51)52)45(55)59-46(3,4)5)43(53)48-40(32-35-27-29-38(30-28-35)57-31-9-7-2)44(54)58-34-41(50)36-22-17-16-18-23-36/h16-18,21-23,26-30,39-40,56H,6,8,10-15,19-20,24-25,31-34H2,1-5H3,(H,48,53)(H,51,52)/p-1/b26-21+/t39-,40+,47+/m1/s1. The van der Waals surface area contributed by atoms with Crippen LogP contribution in [0.15, 0.2) is 66.7 Å². The zero-order valence-electron chi connectivity index (χ0n) is 35.3. The Kier molecular flexibility index (Phi) is 22.5. The predicted octanol–water partition coefficient (Wildman–Crippen LogP) is 6.20. The molecule has 0 aliphatic heterocycles. The molecule has 0 fully saturated rings. The van der Waals surface area contributed by atoms with Crippen molar-refractivity contribution in [3.05, 3.63) is 77.9 Å². The van der Waals surface area contributed by atoms with E-state index in [2.05, 4.69) is 24.1 Å². The normalized spacial score (nSPS) is 13.3. The molecule has 0 aliphatic carbocycles. The van der Waals surface area contributed by atoms with E-state index in [4.69, 9.17) is 14.2 Å². The van der Waals surface area contributed by atoms with Crippen LogP contribution < -0.4 is 15.2 Å². The van der Waals surface area contributed by atoms with E-state index in [0.29, 0.717) is 42.6 Å². The number of ether oxygens (including phenoxy) is 3. The van der Waals surface area contributed by atoms with Gasteiger partial charge in [-0.05, 0) is 71.1 Å². The summed E-state index contributed by atoms with van der Waals surface area (Å²) < 4.78 is 16.3. The summed E-state index contributed by atoms with van der Waals surface area (Å²) in [6, 6.07) is 13.3. The van der Waals surface area contributed by atoms with Gasteiger partial charge < -0.3 is 34.5 Å². The highest BCUT2D eigenvalue weighted by atomic mass is 16.6. The van der Waals surface area contributed by atoms with Gasteiger partial charge in [0.2, 0.25) is 5.91 Å². The third-order valence-corrected chi connectivity index (χ3v) is 9.32. The fourth-order valence-corrected chi connectivity index (χ4v) is 6.13. The molecule has 0 aliphatic rings. The lowest BCUT2D eigenvalue weighted by Gasteiger charge is -2.35. The largest absolute Gasteiger partial charge is 0.550 e. The molecule has 1 amide bonds. The third kappa shape index (κ3) is 19.8. The van der Waals surface area contributed by atoms with Crippen molar-refractivity contribution in [2.24, 2.45) is 5.92 Å². The lowest BCUT2D eigenvalue weighted by atomic mass is 9.82. The Hall–Kier alpha value is -5.28. The molecule has 59 heavy (non-hydrogen) atoms. The lowest BCUT2D eigenvalue weighted by molar-refractivity contribution is -0.310. The summed E-state index contributed by atoms with van der Waals surface area (Å²) >= 11 is 0. The SMILES string of the molecule is CC#CCOc1ccc(C[C@H](NC(=O)[C@@H](/C=C/CCCCCCC(=O)CCCCCCC)[C@@](O)(CC(=O)[O-])C(=O)OC(C)(C)C)C(=O)OCC(=O)c2ccccc2)cc1. The molecule has 0 aromatic heterocycles. The molecule has 0 radical (unpaired) electrons. The molecule has 0 unspecified atom stereocenters. The summed E-state index contributed by atoms with van der Waals surface area (Å²) in [6.07, 6.45) is 11.3. The number of Topliss-reactive ketones (excluding diaryl/α,β-unsaturated/α-hetero) is 2. The van der Waals surface area contributed by atoms with Crippen LogP contribution >= 0.6 is 0 Å². The highest BCUT2D eigenvalue weighted by Gasteiger charge is 2.49. The first-order valence-corrected chi connectivity index (χ1v) is 20.6. The van der Waals surface area contributed by atoms with E-state index < -0.39 is 65.8 Å². The lowest BCUT2D eigenvalue weighted by Crippen LogP contribution is -2.58. The maximum atomic E-state index is 14.2. The summed E-state index contributed by atoms with van der Waals surface area (Å²) in [4.78, 5) is 78.4. The monoisotopic (exact) mass is 816 g/mol. The van der Waals surface area contributed by atoms with Gasteiger partial charge in [-0.1, -0.05) is 106 Å². The number of amides is 1. The Morgan fingerprint density at radius 1 is 0.864 bits per heavy atom. The van der Waals surface area contributed by atoms with Gasteiger partial charge in [0.05, 0.1) is 5.92 Å². The number of allylic oxidation sites excluding steroid dienone is 1. The van der Waals surface area contributed by atoms with Gasteiger partial charge in [0.25, 0.3) is 0 Å². The first-order chi connectivity index (χ1) is 28.1. The number of carboxylic acid groups (broad SMARTS) is 1. The number of unbranched alkanes of at least 4 members (excludes halogenated alkanes) is 8. The average Bonchev–Trinajstić information content (AvgIpc) is 3.18. The molecule has 0 bridgehead atoms. The van der Waals surface area contributed by atoms with Crippen LogP contribution in [0.2, 0.25) is 0 Å². The van der Waals surface area contributed by atoms with Crippen LogP contribution in [0.25, 0.3) is 0 Å². The molecule has 0 heterocycles. The zero-order valence-corrected chi connectivity index (χ0v) is 35.3. The Labute approximate surface area is 349 Å². The van der Waals surface area contributed by atoms with Gasteiger partial charge in [0.15, 0.2) is 18.0 Å². The van der Waals surface area contributed by atoms with Crippen molar-refractivity contribution in [1.82, 2.24) is 5.32 Å². The summed E-state index contributed by atoms with van der Waals surface area (Å²) in [5.74, 6) is -1.30. The predicted molar refractivity (Wildman–Crippen MR) is 222 cm³/mol. The van der Waals surface area contributed by atoms with E-state index >= 15 is 0 Å². The fraction of sp³-hybridized carbons (Fsp3) is 0.532. The topological polar surface area (TPSA) is 185 Å². The molecular formula is C47H62NO11-. The molecule has 12 nitrogen and oxygen atoms in total. The minimum absolute atomic E-state index is 0.151. The molecule has 322 valence electrons. The number of esters is 2. The molecule has 2 aromatic carbocycles. The van der Waals surface area contributed by atoms with Gasteiger partial charge in [-0.2, -0.15) is 0 Å². The quantitative estimate of drug-likeness (QED) is 0.0328. The second-order valence-electron chi connectivity index (χ2n) is 15.6. The van der Waals surface area contributed by atoms with E-state index in [1.165, 1.54) is 33.3 Å². The number of hydrogen-bond donors (Lipinski definition) is 2. The van der Waals surface area contributed by atoms with Crippen LogP contribution in [-0.4, -0.2) is 70.9 Å². The molecule has 2 aromatic rings. The fourth-order valence-electron chi connectivity index (χ4n) is 6.13. The highest BCUT2D eigenvalue weighted by molar-refractivity contribution is 5.99. The average molecular weight is 817 g/mol. The Morgan fingerprint density at radius 3 is 2.08 bits per heavy atom. The van der Waals surface area contributed by atoms with Gasteiger partial charge in [0, 0.05) is 37.2 Å². The zero-order chi connectivity index (χ0) is 43.7. The Balaban J connectivity index is 2.32. The van der Waals surface area contributed by atoms with Crippen molar-refractivity contribution < 1.29 is 53.2 Å². The van der Waals surface area contributed by atoms with E-state index in [1.807, 2.05) is 0 Å². The van der Waals surface area contributed by atoms with Crippen molar-refractivity contribution in [1.29, 1.82) is 0 Å². The molecule has 0 spiro atoms. The number of hydrogen-bond acceptors (Lipinski definition) is 11. The number of nitrogens with one attached hydrogen (secondary N) is 1. The summed E-state index contributed by atoms with van der Waals surface area (Å²) in [5, 5.41) is 26.4. The van der Waals surface area contributed by atoms with Crippen LogP contribution in [0, 0.1) is 17.8 Å². The van der Waals surface area contributed by atoms with E-state index in [1.54, 1.807) is 67.6 Å². The molecule has 0 saturated carbocycles. The number of carbonyl (C=O) groups is 6. The van der Waals surface area contributed by atoms with Crippen LogP contribution in [-0.2, 0) is 39.9 Å². The summed E-state index contributed by atoms with van der Waals surface area (Å²) in [6.45, 7) is 7.93. The van der Waals surface area contributed by atoms with Crippen LogP contribution in [0.4, 0.5) is 0 Å². The smallest absolute Gasteiger partial charge is 0.340 e. The molecule has 2 N–H and O–H groups in total. The second-order valence-corrected chi connectivity index (χ2v) is 15.6. The van der Waals surface area contributed by atoms with Crippen LogP contribution in [0.3, 0.4) is 0 Å². The van der Waals surface area contributed by atoms with Gasteiger partial charge >= 0.3 is 11.9 Å². The highest BCUT2D eigenvalue weighted by Crippen LogP contribution is 2.29. The number of carbonyl (C=O) groups excluding carboxylic acids is 6. The van der Waals surface area contributed by atoms with Gasteiger partial charge in [-0.3, -0.25) is 14.4 Å². The number of rotatable bonds is 28. The molecule has 12 heteroatoms. The van der Waals surface area contributed by atoms with E-state index in [9.17, 15) is 39.0 Å². The van der Waals surface area contributed by atoms with Gasteiger partial charge in [0.1, 0.15) is 29.8 Å². The van der Waals surface area contributed by atoms with Gasteiger partial charge in [-0.25, -0.2) is 9.59 Å². The maximum Gasteiger partial charge on any atom is 0.340 e. The second kappa shape index (κ2) is 26.7. The molecule has 0 saturated heterocycles. The molecule has 3 atom stereocenters. The number of aliphatic carboxylic acids is 1. The van der Waals surface area contributed by atoms with Crippen molar-refractivity contribution >= 4 is 35.4 Å². The third-order valence-electron chi connectivity index (χ3n) is 9.32. The van der Waals surface area contributed by atoms with Gasteiger partial charge in [-0.15, -0.1) is 5.92 Å². The first-order valence-electron chi connectivity index (χ1n) is 20.6. The number of carboxylic acids is 1. The number of aliphatic hydroxyl groups is 1. The van der Waals surface area contributed by atoms with Crippen molar-refractivity contribution in [3.63, 3.8) is 0 Å². The molecule has 2 rings (SSSR count). The minimum Gasteiger partial charge on any atom is -0.550 e. The number of benzene rings is 2. The Bertz CT molecular complexity index is 1730. The maximum absolute atomic E-state index is 14.2. The minimum atomic E-state index is -2.94. The number of ketones is 2. The Morgan fingerprint density at radius 2 is 1.49 bits per heavy atom. The van der Waals surface area contributed by atoms with Crippen molar-refractivity contribution in [2.45, 2.75) is 142 Å². The van der Waals surface area contributed by atoms with Crippen molar-refractivity contribution in [3.8, 4) is 17.6 Å². The van der Waals surface area contributed by atoms with Crippen LogP contribution in [0.1, 0.15) is 134 Å². The van der Waals surface area contributed by atoms with Crippen molar-refractivity contribution in [2.75, 3.05) is 13.2 Å². The van der Waals surface area contributed by atoms with E-state index in [-0.39, 0.29) is 18.8 Å².